The molecule has 2 aliphatic rings. The summed E-state index contributed by atoms with van der Waals surface area (Å²) < 4.78 is 16.6. The van der Waals surface area contributed by atoms with Crippen molar-refractivity contribution < 1.29 is 13.9 Å². The van der Waals surface area contributed by atoms with Gasteiger partial charge in [0.1, 0.15) is 5.76 Å². The number of anilines is 1. The van der Waals surface area contributed by atoms with Gasteiger partial charge in [-0.25, -0.2) is 0 Å². The van der Waals surface area contributed by atoms with E-state index in [1.807, 2.05) is 24.3 Å². The van der Waals surface area contributed by atoms with Crippen molar-refractivity contribution in [1.82, 2.24) is 0 Å². The number of furan rings is 1. The fraction of sp³-hybridized carbons (Fsp3) is 0.100. The van der Waals surface area contributed by atoms with Gasteiger partial charge in [-0.3, -0.25) is 0 Å². The highest BCUT2D eigenvalue weighted by atomic mass is 32.2. The Morgan fingerprint density at radius 3 is 2.80 bits per heavy atom. The molecule has 3 aromatic rings. The van der Waals surface area contributed by atoms with E-state index in [4.69, 9.17) is 13.9 Å². The molecule has 0 bridgehead atoms. The molecule has 2 aromatic carbocycles. The van der Waals surface area contributed by atoms with Crippen molar-refractivity contribution >= 4 is 23.1 Å². The number of nitrogens with one attached hydrogen (secondary N) is 1. The van der Waals surface area contributed by atoms with Gasteiger partial charge in [-0.2, -0.15) is 0 Å². The van der Waals surface area contributed by atoms with Gasteiger partial charge in [0.05, 0.1) is 22.9 Å². The minimum absolute atomic E-state index is 0.130. The molecule has 1 aromatic heterocycles. The lowest BCUT2D eigenvalue weighted by molar-refractivity contribution is 0.174. The van der Waals surface area contributed by atoms with Crippen LogP contribution in [0.2, 0.25) is 0 Å². The van der Waals surface area contributed by atoms with Gasteiger partial charge in [0, 0.05) is 4.90 Å². The molecule has 0 spiro atoms. The second-order valence-corrected chi connectivity index (χ2v) is 7.01. The molecule has 1 atom stereocenters. The molecule has 0 amide bonds. The number of para-hydroxylation sites is 1. The molecule has 0 fully saturated rings. The Morgan fingerprint density at radius 2 is 1.88 bits per heavy atom. The van der Waals surface area contributed by atoms with E-state index < -0.39 is 0 Å². The molecule has 5 heteroatoms. The van der Waals surface area contributed by atoms with Crippen molar-refractivity contribution in [2.45, 2.75) is 10.1 Å². The Kier molecular flexibility index (Phi) is 3.45. The monoisotopic (exact) mass is 349 g/mol. The SMILES string of the molecule is C1=C(c2ccco2)Nc2ccccc2SC1c1ccc2c(c1)OCO2. The van der Waals surface area contributed by atoms with Crippen molar-refractivity contribution in [3.05, 3.63) is 78.3 Å². The van der Waals surface area contributed by atoms with E-state index in [2.05, 4.69) is 41.7 Å². The summed E-state index contributed by atoms with van der Waals surface area (Å²) in [4.78, 5) is 1.20. The first-order valence-electron chi connectivity index (χ1n) is 8.05. The Bertz CT molecular complexity index is 949. The maximum Gasteiger partial charge on any atom is 0.231 e. The summed E-state index contributed by atoms with van der Waals surface area (Å²) in [5.74, 6) is 2.43. The first-order chi connectivity index (χ1) is 12.4. The van der Waals surface area contributed by atoms with Crippen LogP contribution in [0.1, 0.15) is 16.6 Å². The average molecular weight is 349 g/mol. The van der Waals surface area contributed by atoms with Crippen LogP contribution < -0.4 is 14.8 Å². The predicted molar refractivity (Wildman–Crippen MR) is 97.9 cm³/mol. The van der Waals surface area contributed by atoms with E-state index in [1.165, 1.54) is 4.90 Å². The first-order valence-corrected chi connectivity index (χ1v) is 8.93. The molecule has 2 aliphatic heterocycles. The summed E-state index contributed by atoms with van der Waals surface area (Å²) in [6.45, 7) is 0.286. The van der Waals surface area contributed by atoms with E-state index in [9.17, 15) is 0 Å². The van der Waals surface area contributed by atoms with Crippen molar-refractivity contribution in [3.8, 4) is 11.5 Å². The van der Waals surface area contributed by atoms with Gasteiger partial charge in [-0.05, 0) is 48.0 Å². The highest BCUT2D eigenvalue weighted by Crippen LogP contribution is 2.46. The van der Waals surface area contributed by atoms with Crippen LogP contribution in [0.5, 0.6) is 11.5 Å². The summed E-state index contributed by atoms with van der Waals surface area (Å²) >= 11 is 1.80. The standard InChI is InChI=1S/C20H15NO3S/c1-2-6-19-14(4-1)21-15(16-5-3-9-22-16)11-20(25-19)13-7-8-17-18(10-13)24-12-23-17/h1-11,20-21H,12H2. The number of benzene rings is 2. The van der Waals surface area contributed by atoms with Gasteiger partial charge >= 0.3 is 0 Å². The summed E-state index contributed by atoms with van der Waals surface area (Å²) in [5, 5.41) is 3.63. The molecule has 3 heterocycles. The van der Waals surface area contributed by atoms with Crippen LogP contribution in [-0.2, 0) is 0 Å². The predicted octanol–water partition coefficient (Wildman–Crippen LogP) is 5.31. The summed E-state index contributed by atoms with van der Waals surface area (Å²) in [7, 11) is 0. The Hall–Kier alpha value is -2.79. The van der Waals surface area contributed by atoms with Gasteiger partial charge in [0.25, 0.3) is 0 Å². The molecule has 5 rings (SSSR count). The van der Waals surface area contributed by atoms with Crippen molar-refractivity contribution in [1.29, 1.82) is 0 Å². The maximum absolute atomic E-state index is 5.62. The van der Waals surface area contributed by atoms with Crippen molar-refractivity contribution in [3.63, 3.8) is 0 Å². The van der Waals surface area contributed by atoms with E-state index >= 15 is 0 Å². The topological polar surface area (TPSA) is 43.6 Å². The average Bonchev–Trinajstić information content (AvgIpc) is 3.29. The second-order valence-electron chi connectivity index (χ2n) is 5.83. The van der Waals surface area contributed by atoms with Crippen molar-refractivity contribution in [2.24, 2.45) is 0 Å². The lowest BCUT2D eigenvalue weighted by Crippen LogP contribution is -1.98. The summed E-state index contributed by atoms with van der Waals surface area (Å²) in [6.07, 6.45) is 3.89. The van der Waals surface area contributed by atoms with Crippen LogP contribution >= 0.6 is 11.8 Å². The highest BCUT2D eigenvalue weighted by molar-refractivity contribution is 7.99. The van der Waals surface area contributed by atoms with Crippen LogP contribution in [0, 0.1) is 0 Å². The molecule has 1 unspecified atom stereocenters. The lowest BCUT2D eigenvalue weighted by Gasteiger charge is -2.13. The van der Waals surface area contributed by atoms with Crippen molar-refractivity contribution in [2.75, 3.05) is 12.1 Å². The Balaban J connectivity index is 1.60. The minimum atomic E-state index is 0.130. The fourth-order valence-corrected chi connectivity index (χ4v) is 4.18. The van der Waals surface area contributed by atoms with Crippen LogP contribution in [0.4, 0.5) is 5.69 Å². The summed E-state index contributed by atoms with van der Waals surface area (Å²) in [6, 6.07) is 18.3. The molecule has 25 heavy (non-hydrogen) atoms. The Labute approximate surface area is 149 Å². The normalized spacial score (nSPS) is 18.1. The van der Waals surface area contributed by atoms with Gasteiger partial charge in [0.2, 0.25) is 6.79 Å². The molecule has 0 aliphatic carbocycles. The number of hydrogen-bond acceptors (Lipinski definition) is 5. The molecular weight excluding hydrogens is 334 g/mol. The number of thioether (sulfide) groups is 1. The van der Waals surface area contributed by atoms with E-state index in [-0.39, 0.29) is 12.0 Å². The third-order valence-corrected chi connectivity index (χ3v) is 5.51. The molecule has 0 saturated carbocycles. The zero-order valence-corrected chi connectivity index (χ0v) is 14.1. The van der Waals surface area contributed by atoms with Crippen LogP contribution in [0.15, 0.2) is 76.2 Å². The fourth-order valence-electron chi connectivity index (χ4n) is 3.01. The second kappa shape index (κ2) is 5.93. The van der Waals surface area contributed by atoms with Gasteiger partial charge in [-0.15, -0.1) is 11.8 Å². The Morgan fingerprint density at radius 1 is 0.960 bits per heavy atom. The van der Waals surface area contributed by atoms with Crippen LogP contribution in [0.3, 0.4) is 0 Å². The molecule has 0 radical (unpaired) electrons. The van der Waals surface area contributed by atoms with Crippen LogP contribution in [0.25, 0.3) is 5.70 Å². The lowest BCUT2D eigenvalue weighted by atomic mass is 10.1. The molecule has 124 valence electrons. The van der Waals surface area contributed by atoms with E-state index in [0.29, 0.717) is 0 Å². The maximum atomic E-state index is 5.62. The summed E-state index contributed by atoms with van der Waals surface area (Å²) in [5.41, 5.74) is 3.21. The molecule has 0 saturated heterocycles. The molecule has 4 nitrogen and oxygen atoms in total. The van der Waals surface area contributed by atoms with Gasteiger partial charge in [0.15, 0.2) is 11.5 Å². The van der Waals surface area contributed by atoms with Crippen LogP contribution in [-0.4, -0.2) is 6.79 Å². The smallest absolute Gasteiger partial charge is 0.231 e. The van der Waals surface area contributed by atoms with E-state index in [1.54, 1.807) is 18.0 Å². The number of ether oxygens (including phenoxy) is 2. The zero-order valence-electron chi connectivity index (χ0n) is 13.3. The van der Waals surface area contributed by atoms with Gasteiger partial charge in [-0.1, -0.05) is 18.2 Å². The highest BCUT2D eigenvalue weighted by Gasteiger charge is 2.22. The third kappa shape index (κ3) is 2.66. The first kappa shape index (κ1) is 14.5. The third-order valence-electron chi connectivity index (χ3n) is 4.24. The minimum Gasteiger partial charge on any atom is -0.463 e. The quantitative estimate of drug-likeness (QED) is 0.679. The van der Waals surface area contributed by atoms with Gasteiger partial charge < -0.3 is 19.2 Å². The number of rotatable bonds is 2. The van der Waals surface area contributed by atoms with E-state index in [0.717, 1.165) is 34.2 Å². The number of fused-ring (bicyclic) bond motifs is 2. The zero-order chi connectivity index (χ0) is 16.6. The largest absolute Gasteiger partial charge is 0.463 e. The number of hydrogen-bond donors (Lipinski definition) is 1. The molecule has 1 N–H and O–H groups in total. The molecular formula is C20H15NO3S.